The molecule has 4 aromatic rings. The van der Waals surface area contributed by atoms with Crippen molar-refractivity contribution in [3.63, 3.8) is 0 Å². The molecule has 36 heavy (non-hydrogen) atoms. The summed E-state index contributed by atoms with van der Waals surface area (Å²) < 4.78 is 2.38. The van der Waals surface area contributed by atoms with Crippen molar-refractivity contribution in [2.24, 2.45) is 0 Å². The Kier molecular flexibility index (Phi) is 7.85. The maximum absolute atomic E-state index is 9.94. The zero-order valence-electron chi connectivity index (χ0n) is 20.9. The average molecular weight is 481 g/mol. The Labute approximate surface area is 214 Å². The van der Waals surface area contributed by atoms with E-state index in [4.69, 9.17) is 0 Å². The highest BCUT2D eigenvalue weighted by Gasteiger charge is 2.16. The van der Waals surface area contributed by atoms with Crippen LogP contribution in [0.25, 0.3) is 22.0 Å². The van der Waals surface area contributed by atoms with Gasteiger partial charge in [0, 0.05) is 36.8 Å². The van der Waals surface area contributed by atoms with Crippen LogP contribution in [0.5, 0.6) is 5.75 Å². The molecule has 1 fully saturated rings. The SMILES string of the molecule is OCCC/C(=C(\c1ccc(O)cc1)c1ccc2c(ccn2CCN2CCCCC2)c1)c1ccccc1. The monoisotopic (exact) mass is 480 g/mol. The molecule has 0 saturated carbocycles. The van der Waals surface area contributed by atoms with Crippen molar-refractivity contribution in [2.45, 2.75) is 38.6 Å². The number of likely N-dealkylation sites (tertiary alicyclic amines) is 1. The van der Waals surface area contributed by atoms with Gasteiger partial charge in [0.15, 0.2) is 0 Å². The number of phenols is 1. The fourth-order valence-electron chi connectivity index (χ4n) is 5.43. The van der Waals surface area contributed by atoms with E-state index in [1.54, 1.807) is 12.1 Å². The molecule has 186 valence electrons. The Bertz CT molecular complexity index is 1300. The van der Waals surface area contributed by atoms with E-state index in [1.807, 2.05) is 18.2 Å². The van der Waals surface area contributed by atoms with Gasteiger partial charge in [0.2, 0.25) is 0 Å². The molecule has 1 saturated heterocycles. The Morgan fingerprint density at radius 1 is 0.750 bits per heavy atom. The van der Waals surface area contributed by atoms with Gasteiger partial charge in [-0.1, -0.05) is 55.0 Å². The van der Waals surface area contributed by atoms with Crippen molar-refractivity contribution >= 4 is 22.0 Å². The number of piperidine rings is 1. The molecule has 1 aliphatic heterocycles. The standard InChI is InChI=1S/C32H36N2O2/c35-23-7-10-30(25-8-3-1-4-9-25)32(26-11-14-29(36)15-12-26)28-13-16-31-27(24-28)17-20-34(31)22-21-33-18-5-2-6-19-33/h1,3-4,8-9,11-17,20,24,35-36H,2,5-7,10,18-19,21-23H2/b32-30-. The number of phenolic OH excluding ortho intramolecular Hbond substituents is 1. The van der Waals surface area contributed by atoms with Gasteiger partial charge in [-0.2, -0.15) is 0 Å². The third-order valence-electron chi connectivity index (χ3n) is 7.33. The third kappa shape index (κ3) is 5.56. The summed E-state index contributed by atoms with van der Waals surface area (Å²) in [5, 5.41) is 20.8. The first-order valence-corrected chi connectivity index (χ1v) is 13.2. The number of hydrogen-bond acceptors (Lipinski definition) is 3. The Hall–Kier alpha value is -3.34. The van der Waals surface area contributed by atoms with Gasteiger partial charge in [0.1, 0.15) is 5.75 Å². The summed E-state index contributed by atoms with van der Waals surface area (Å²) in [6.07, 6.45) is 7.69. The van der Waals surface area contributed by atoms with Crippen LogP contribution in [0.2, 0.25) is 0 Å². The Morgan fingerprint density at radius 2 is 1.50 bits per heavy atom. The van der Waals surface area contributed by atoms with Crippen LogP contribution < -0.4 is 0 Å². The second-order valence-corrected chi connectivity index (χ2v) is 9.78. The maximum Gasteiger partial charge on any atom is 0.115 e. The molecule has 0 unspecified atom stereocenters. The van der Waals surface area contributed by atoms with Gasteiger partial charge in [0.05, 0.1) is 0 Å². The molecule has 2 N–H and O–H groups in total. The molecule has 2 heterocycles. The van der Waals surface area contributed by atoms with Gasteiger partial charge >= 0.3 is 0 Å². The Balaban J connectivity index is 1.55. The average Bonchev–Trinajstić information content (AvgIpc) is 3.34. The molecular formula is C32H36N2O2. The van der Waals surface area contributed by atoms with Crippen LogP contribution in [0.15, 0.2) is 85.1 Å². The minimum atomic E-state index is 0.151. The van der Waals surface area contributed by atoms with Crippen LogP contribution in [0.3, 0.4) is 0 Å². The number of aliphatic hydroxyl groups is 1. The van der Waals surface area contributed by atoms with E-state index in [-0.39, 0.29) is 12.4 Å². The molecule has 0 spiro atoms. The van der Waals surface area contributed by atoms with Crippen molar-refractivity contribution in [3.8, 4) is 5.75 Å². The number of benzene rings is 3. The van der Waals surface area contributed by atoms with Gasteiger partial charge in [-0.05, 0) is 96.9 Å². The van der Waals surface area contributed by atoms with E-state index in [0.717, 1.165) is 41.8 Å². The van der Waals surface area contributed by atoms with Crippen molar-refractivity contribution < 1.29 is 10.2 Å². The number of fused-ring (bicyclic) bond motifs is 1. The Morgan fingerprint density at radius 3 is 2.25 bits per heavy atom. The van der Waals surface area contributed by atoms with Crippen LogP contribution >= 0.6 is 0 Å². The van der Waals surface area contributed by atoms with E-state index in [2.05, 4.69) is 64.2 Å². The second kappa shape index (κ2) is 11.6. The molecule has 4 nitrogen and oxygen atoms in total. The summed E-state index contributed by atoms with van der Waals surface area (Å²) in [7, 11) is 0. The maximum atomic E-state index is 9.94. The second-order valence-electron chi connectivity index (χ2n) is 9.78. The molecule has 3 aromatic carbocycles. The van der Waals surface area contributed by atoms with Crippen molar-refractivity contribution in [1.29, 1.82) is 0 Å². The molecule has 4 heteroatoms. The lowest BCUT2D eigenvalue weighted by atomic mass is 9.87. The largest absolute Gasteiger partial charge is 0.508 e. The molecule has 0 atom stereocenters. The van der Waals surface area contributed by atoms with Gasteiger partial charge in [-0.15, -0.1) is 0 Å². The number of nitrogens with zero attached hydrogens (tertiary/aromatic N) is 2. The number of aromatic hydroxyl groups is 1. The number of aliphatic hydroxyl groups excluding tert-OH is 1. The highest BCUT2D eigenvalue weighted by Crippen LogP contribution is 2.37. The molecule has 0 aliphatic carbocycles. The third-order valence-corrected chi connectivity index (χ3v) is 7.33. The molecule has 1 aromatic heterocycles. The molecular weight excluding hydrogens is 444 g/mol. The molecule has 1 aliphatic rings. The zero-order valence-corrected chi connectivity index (χ0v) is 20.9. The van der Waals surface area contributed by atoms with Gasteiger partial charge < -0.3 is 19.7 Å². The first kappa shape index (κ1) is 24.4. The highest BCUT2D eigenvalue weighted by molar-refractivity contribution is 6.00. The van der Waals surface area contributed by atoms with E-state index in [0.29, 0.717) is 6.42 Å². The van der Waals surface area contributed by atoms with Crippen LogP contribution in [-0.4, -0.2) is 45.9 Å². The van der Waals surface area contributed by atoms with Crippen molar-refractivity contribution in [3.05, 3.63) is 102 Å². The van der Waals surface area contributed by atoms with Crippen molar-refractivity contribution in [1.82, 2.24) is 9.47 Å². The molecule has 0 radical (unpaired) electrons. The molecule has 5 rings (SSSR count). The first-order chi connectivity index (χ1) is 17.7. The van der Waals surface area contributed by atoms with Gasteiger partial charge in [0.25, 0.3) is 0 Å². The first-order valence-electron chi connectivity index (χ1n) is 13.2. The fraction of sp³-hybridized carbons (Fsp3) is 0.312. The topological polar surface area (TPSA) is 48.6 Å². The summed E-state index contributed by atoms with van der Waals surface area (Å²) in [6.45, 7) is 4.71. The van der Waals surface area contributed by atoms with Gasteiger partial charge in [-0.3, -0.25) is 0 Å². The predicted molar refractivity (Wildman–Crippen MR) is 149 cm³/mol. The number of allylic oxidation sites excluding steroid dienone is 1. The summed E-state index contributed by atoms with van der Waals surface area (Å²) in [5.74, 6) is 0.260. The summed E-state index contributed by atoms with van der Waals surface area (Å²) in [5.41, 5.74) is 7.00. The van der Waals surface area contributed by atoms with Crippen LogP contribution in [-0.2, 0) is 6.54 Å². The number of rotatable bonds is 9. The van der Waals surface area contributed by atoms with E-state index in [9.17, 15) is 10.2 Å². The van der Waals surface area contributed by atoms with E-state index in [1.165, 1.54) is 48.8 Å². The van der Waals surface area contributed by atoms with Crippen LogP contribution in [0, 0.1) is 0 Å². The molecule has 0 amide bonds. The lowest BCUT2D eigenvalue weighted by Gasteiger charge is -2.26. The van der Waals surface area contributed by atoms with Crippen LogP contribution in [0.1, 0.15) is 48.8 Å². The van der Waals surface area contributed by atoms with E-state index >= 15 is 0 Å². The fourth-order valence-corrected chi connectivity index (χ4v) is 5.43. The molecule has 0 bridgehead atoms. The number of aromatic nitrogens is 1. The van der Waals surface area contributed by atoms with Gasteiger partial charge in [-0.25, -0.2) is 0 Å². The quantitative estimate of drug-likeness (QED) is 0.267. The summed E-state index contributed by atoms with van der Waals surface area (Å²) >= 11 is 0. The summed E-state index contributed by atoms with van der Waals surface area (Å²) in [6, 6.07) is 26.9. The lowest BCUT2D eigenvalue weighted by molar-refractivity contribution is 0.221. The predicted octanol–water partition coefficient (Wildman–Crippen LogP) is 6.56. The summed E-state index contributed by atoms with van der Waals surface area (Å²) in [4.78, 5) is 2.59. The number of hydrogen-bond donors (Lipinski definition) is 2. The minimum Gasteiger partial charge on any atom is -0.508 e. The zero-order chi connectivity index (χ0) is 24.7. The lowest BCUT2D eigenvalue weighted by Crippen LogP contribution is -2.32. The highest BCUT2D eigenvalue weighted by atomic mass is 16.3. The van der Waals surface area contributed by atoms with Crippen molar-refractivity contribution in [2.75, 3.05) is 26.2 Å². The minimum absolute atomic E-state index is 0.151. The smallest absolute Gasteiger partial charge is 0.115 e. The van der Waals surface area contributed by atoms with Crippen LogP contribution in [0.4, 0.5) is 0 Å². The van der Waals surface area contributed by atoms with E-state index < -0.39 is 0 Å². The normalized spacial score (nSPS) is 15.2.